The van der Waals surface area contributed by atoms with E-state index >= 15 is 0 Å². The number of rotatable bonds is 9. The first kappa shape index (κ1) is 23.2. The van der Waals surface area contributed by atoms with Crippen LogP contribution in [0.15, 0.2) is 57.8 Å². The van der Waals surface area contributed by atoms with Crippen molar-refractivity contribution in [1.82, 2.24) is 19.4 Å². The van der Waals surface area contributed by atoms with E-state index in [0.717, 1.165) is 4.31 Å². The van der Waals surface area contributed by atoms with Crippen molar-refractivity contribution in [3.63, 3.8) is 0 Å². The van der Waals surface area contributed by atoms with Gasteiger partial charge in [-0.3, -0.25) is 4.79 Å². The molecule has 11 heteroatoms. The van der Waals surface area contributed by atoms with Crippen molar-refractivity contribution < 1.29 is 27.1 Å². The Kier molecular flexibility index (Phi) is 7.11. The minimum Gasteiger partial charge on any atom is -0.493 e. The second-order valence-electron chi connectivity index (χ2n) is 6.89. The van der Waals surface area contributed by atoms with E-state index in [4.69, 9.17) is 13.9 Å². The Morgan fingerprint density at radius 3 is 2.34 bits per heavy atom. The van der Waals surface area contributed by atoms with Crippen molar-refractivity contribution >= 4 is 15.9 Å². The first-order valence-corrected chi connectivity index (χ1v) is 11.0. The Morgan fingerprint density at radius 2 is 1.69 bits per heavy atom. The van der Waals surface area contributed by atoms with Gasteiger partial charge >= 0.3 is 0 Å². The molecule has 1 aromatic heterocycles. The molecule has 0 radical (unpaired) electrons. The Balaban J connectivity index is 1.66. The van der Waals surface area contributed by atoms with Gasteiger partial charge < -0.3 is 18.8 Å². The highest BCUT2D eigenvalue weighted by Gasteiger charge is 2.24. The van der Waals surface area contributed by atoms with Crippen LogP contribution in [-0.4, -0.2) is 68.6 Å². The van der Waals surface area contributed by atoms with Gasteiger partial charge in [-0.2, -0.15) is 4.31 Å². The fraction of sp³-hybridized carbons (Fsp3) is 0.286. The molecule has 32 heavy (non-hydrogen) atoms. The van der Waals surface area contributed by atoms with Crippen molar-refractivity contribution in [3.05, 3.63) is 54.4 Å². The summed E-state index contributed by atoms with van der Waals surface area (Å²) in [6.45, 7) is -0.303. The molecule has 0 aliphatic carbocycles. The average molecular weight is 461 g/mol. The molecule has 1 amide bonds. The quantitative estimate of drug-likeness (QED) is 0.476. The number of methoxy groups -OCH3 is 2. The van der Waals surface area contributed by atoms with E-state index in [2.05, 4.69) is 10.2 Å². The minimum absolute atomic E-state index is 0.0261. The number of carbonyl (C=O) groups is 1. The van der Waals surface area contributed by atoms with E-state index in [1.54, 1.807) is 36.4 Å². The van der Waals surface area contributed by atoms with Gasteiger partial charge in [0, 0.05) is 19.7 Å². The van der Waals surface area contributed by atoms with Crippen LogP contribution in [0.2, 0.25) is 0 Å². The molecule has 2 aromatic carbocycles. The van der Waals surface area contributed by atoms with Gasteiger partial charge in [-0.05, 0) is 30.3 Å². The monoisotopic (exact) mass is 460 g/mol. The van der Waals surface area contributed by atoms with Crippen LogP contribution in [0.25, 0.3) is 11.5 Å². The Morgan fingerprint density at radius 1 is 1.00 bits per heavy atom. The van der Waals surface area contributed by atoms with Crippen LogP contribution in [0.3, 0.4) is 0 Å². The summed E-state index contributed by atoms with van der Waals surface area (Å²) in [5.41, 5.74) is 0.629. The highest BCUT2D eigenvalue weighted by atomic mass is 32.2. The van der Waals surface area contributed by atoms with Crippen molar-refractivity contribution in [2.75, 3.05) is 34.9 Å². The number of hydrogen-bond acceptors (Lipinski definition) is 8. The van der Waals surface area contributed by atoms with Gasteiger partial charge in [-0.25, -0.2) is 8.42 Å². The maximum Gasteiger partial charge on any atom is 0.247 e. The van der Waals surface area contributed by atoms with Gasteiger partial charge in [0.05, 0.1) is 32.2 Å². The number of amides is 1. The van der Waals surface area contributed by atoms with Gasteiger partial charge in [0.2, 0.25) is 27.7 Å². The second-order valence-corrected chi connectivity index (χ2v) is 8.94. The zero-order chi connectivity index (χ0) is 23.3. The van der Waals surface area contributed by atoms with Crippen LogP contribution in [0.4, 0.5) is 0 Å². The third-order valence-electron chi connectivity index (χ3n) is 4.70. The fourth-order valence-corrected chi connectivity index (χ4v) is 4.00. The van der Waals surface area contributed by atoms with Crippen LogP contribution >= 0.6 is 0 Å². The van der Waals surface area contributed by atoms with E-state index in [-0.39, 0.29) is 29.8 Å². The lowest BCUT2D eigenvalue weighted by Crippen LogP contribution is -2.39. The lowest BCUT2D eigenvalue weighted by atomic mass is 10.2. The number of sulfonamides is 1. The average Bonchev–Trinajstić information content (AvgIpc) is 3.27. The number of aromatic nitrogens is 2. The molecule has 0 saturated heterocycles. The molecule has 0 saturated carbocycles. The maximum atomic E-state index is 12.6. The summed E-state index contributed by atoms with van der Waals surface area (Å²) in [6, 6.07) is 13.1. The Labute approximate surface area is 186 Å². The molecule has 0 spiro atoms. The van der Waals surface area contributed by atoms with Gasteiger partial charge in [0.25, 0.3) is 0 Å². The summed E-state index contributed by atoms with van der Waals surface area (Å²) in [4.78, 5) is 14.0. The van der Waals surface area contributed by atoms with Gasteiger partial charge in [-0.15, -0.1) is 10.2 Å². The zero-order valence-electron chi connectivity index (χ0n) is 18.2. The Hall–Kier alpha value is -3.44. The van der Waals surface area contributed by atoms with E-state index in [0.29, 0.717) is 17.1 Å². The second kappa shape index (κ2) is 9.79. The van der Waals surface area contributed by atoms with Crippen molar-refractivity contribution in [2.45, 2.75) is 11.4 Å². The molecule has 3 rings (SSSR count). The van der Waals surface area contributed by atoms with E-state index in [1.165, 1.54) is 45.3 Å². The van der Waals surface area contributed by atoms with Gasteiger partial charge in [0.1, 0.15) is 0 Å². The number of ether oxygens (including phenoxy) is 2. The maximum absolute atomic E-state index is 12.6. The topological polar surface area (TPSA) is 115 Å². The largest absolute Gasteiger partial charge is 0.493 e. The standard InChI is InChI=1S/C21H24N4O6S/c1-24(20(26)14-25(2)32(27,28)16-8-6-5-7-9-16)13-19-22-23-21(31-19)15-10-11-17(29-3)18(12-15)30-4/h5-12H,13-14H2,1-4H3. The third-order valence-corrected chi connectivity index (χ3v) is 6.52. The minimum atomic E-state index is -3.77. The number of benzene rings is 2. The smallest absolute Gasteiger partial charge is 0.247 e. The van der Waals surface area contributed by atoms with Crippen molar-refractivity contribution in [2.24, 2.45) is 0 Å². The summed E-state index contributed by atoms with van der Waals surface area (Å²) in [6.07, 6.45) is 0. The molecule has 0 fully saturated rings. The van der Waals surface area contributed by atoms with Crippen LogP contribution in [0.1, 0.15) is 5.89 Å². The van der Waals surface area contributed by atoms with Gasteiger partial charge in [-0.1, -0.05) is 18.2 Å². The molecule has 0 N–H and O–H groups in total. The highest BCUT2D eigenvalue weighted by Crippen LogP contribution is 2.31. The predicted molar refractivity (Wildman–Crippen MR) is 116 cm³/mol. The first-order chi connectivity index (χ1) is 15.3. The summed E-state index contributed by atoms with van der Waals surface area (Å²) in [7, 11) is 2.18. The molecule has 0 atom stereocenters. The van der Waals surface area contributed by atoms with Crippen LogP contribution in [-0.2, 0) is 21.4 Å². The number of nitrogens with zero attached hydrogens (tertiary/aromatic N) is 4. The number of likely N-dealkylation sites (N-methyl/N-ethyl adjacent to an activating group) is 2. The summed E-state index contributed by atoms with van der Waals surface area (Å²) in [5, 5.41) is 7.99. The summed E-state index contributed by atoms with van der Waals surface area (Å²) < 4.78 is 42.4. The summed E-state index contributed by atoms with van der Waals surface area (Å²) in [5.74, 6) is 1.12. The molecule has 3 aromatic rings. The normalized spacial score (nSPS) is 11.4. The lowest BCUT2D eigenvalue weighted by Gasteiger charge is -2.20. The molecule has 0 bridgehead atoms. The molecule has 0 aliphatic rings. The lowest BCUT2D eigenvalue weighted by molar-refractivity contribution is -0.130. The van der Waals surface area contributed by atoms with Crippen molar-refractivity contribution in [3.8, 4) is 23.0 Å². The molecule has 0 aliphatic heterocycles. The van der Waals surface area contributed by atoms with Crippen molar-refractivity contribution in [1.29, 1.82) is 0 Å². The molecular formula is C21H24N4O6S. The summed E-state index contributed by atoms with van der Waals surface area (Å²) >= 11 is 0. The van der Waals surface area contributed by atoms with Crippen LogP contribution < -0.4 is 9.47 Å². The number of hydrogen-bond donors (Lipinski definition) is 0. The van der Waals surface area contributed by atoms with Crippen LogP contribution in [0, 0.1) is 0 Å². The predicted octanol–water partition coefficient (Wildman–Crippen LogP) is 2.03. The first-order valence-electron chi connectivity index (χ1n) is 9.56. The third kappa shape index (κ3) is 5.06. The number of carbonyl (C=O) groups excluding carboxylic acids is 1. The van der Waals surface area contributed by atoms with E-state index in [9.17, 15) is 13.2 Å². The molecule has 0 unspecified atom stereocenters. The molecular weight excluding hydrogens is 436 g/mol. The van der Waals surface area contributed by atoms with Crippen LogP contribution in [0.5, 0.6) is 11.5 Å². The molecule has 1 heterocycles. The fourth-order valence-electron chi connectivity index (χ4n) is 2.86. The molecule has 170 valence electrons. The van der Waals surface area contributed by atoms with E-state index < -0.39 is 15.9 Å². The van der Waals surface area contributed by atoms with Gasteiger partial charge in [0.15, 0.2) is 11.5 Å². The Bertz CT molecular complexity index is 1180. The molecule has 10 nitrogen and oxygen atoms in total. The SMILES string of the molecule is COc1ccc(-c2nnc(CN(C)C(=O)CN(C)S(=O)(=O)c3ccccc3)o2)cc1OC. The highest BCUT2D eigenvalue weighted by molar-refractivity contribution is 7.89. The van der Waals surface area contributed by atoms with E-state index in [1.807, 2.05) is 0 Å². The zero-order valence-corrected chi connectivity index (χ0v) is 19.0.